The number of halogens is 1. The molecule has 2 aromatic carbocycles. The molecule has 0 saturated carbocycles. The molecule has 3 rings (SSSR count). The summed E-state index contributed by atoms with van der Waals surface area (Å²) in [6.45, 7) is 0. The third kappa shape index (κ3) is 3.27. The highest BCUT2D eigenvalue weighted by atomic mass is 79.9. The molecule has 0 saturated heterocycles. The fourth-order valence-electron chi connectivity index (χ4n) is 2.18. The molecule has 0 radical (unpaired) electrons. The number of amides is 1. The number of ketones is 1. The highest BCUT2D eigenvalue weighted by molar-refractivity contribution is 9.10. The highest BCUT2D eigenvalue weighted by Crippen LogP contribution is 2.26. The molecule has 1 heterocycles. The Morgan fingerprint density at radius 1 is 1.04 bits per heavy atom. The van der Waals surface area contributed by atoms with Crippen LogP contribution in [0.2, 0.25) is 0 Å². The van der Waals surface area contributed by atoms with Crippen LogP contribution in [-0.2, 0) is 26.0 Å². The van der Waals surface area contributed by atoms with Crippen molar-refractivity contribution in [2.24, 2.45) is 0 Å². The number of benzene rings is 2. The minimum Gasteiger partial charge on any atom is -0.319 e. The summed E-state index contributed by atoms with van der Waals surface area (Å²) in [6.07, 6.45) is -0.108. The Balaban J connectivity index is 1.91. The van der Waals surface area contributed by atoms with Gasteiger partial charge in [0.1, 0.15) is 0 Å². The number of Topliss-reactive ketones (excluding diaryl/α,β-unsaturated/α-hetero) is 1. The van der Waals surface area contributed by atoms with Gasteiger partial charge in [0, 0.05) is 22.3 Å². The lowest BCUT2D eigenvalue weighted by Crippen LogP contribution is -2.30. The standard InChI is InChI=1S/C15H11BrN2O4S/c16-10-1-3-11(4-2-10)18-23(21,22)12-5-6-13-9(7-12)8-14(19)15(20)17-13/h1-7,18H,8H2,(H,17,20). The fraction of sp³-hybridized carbons (Fsp3) is 0.0667. The van der Waals surface area contributed by atoms with Crippen LogP contribution in [0.1, 0.15) is 5.56 Å². The van der Waals surface area contributed by atoms with E-state index < -0.39 is 21.7 Å². The maximum absolute atomic E-state index is 12.4. The first-order valence-electron chi connectivity index (χ1n) is 6.61. The van der Waals surface area contributed by atoms with E-state index in [9.17, 15) is 18.0 Å². The molecule has 118 valence electrons. The van der Waals surface area contributed by atoms with Crippen LogP contribution in [0.3, 0.4) is 0 Å². The van der Waals surface area contributed by atoms with Crippen molar-refractivity contribution < 1.29 is 18.0 Å². The van der Waals surface area contributed by atoms with Gasteiger partial charge >= 0.3 is 0 Å². The molecule has 1 amide bonds. The maximum Gasteiger partial charge on any atom is 0.292 e. The summed E-state index contributed by atoms with van der Waals surface area (Å²) in [7, 11) is -3.78. The molecule has 0 spiro atoms. The summed E-state index contributed by atoms with van der Waals surface area (Å²) in [5.74, 6) is -1.27. The van der Waals surface area contributed by atoms with Gasteiger partial charge in [0.25, 0.3) is 15.9 Å². The summed E-state index contributed by atoms with van der Waals surface area (Å²) in [4.78, 5) is 22.8. The minimum atomic E-state index is -3.78. The number of sulfonamides is 1. The molecule has 23 heavy (non-hydrogen) atoms. The number of hydrogen-bond acceptors (Lipinski definition) is 4. The smallest absolute Gasteiger partial charge is 0.292 e. The predicted molar refractivity (Wildman–Crippen MR) is 88.7 cm³/mol. The van der Waals surface area contributed by atoms with Crippen LogP contribution in [0.25, 0.3) is 0 Å². The van der Waals surface area contributed by atoms with E-state index in [-0.39, 0.29) is 11.3 Å². The molecule has 0 bridgehead atoms. The Kier molecular flexibility index (Phi) is 3.95. The Morgan fingerprint density at radius 2 is 1.74 bits per heavy atom. The normalized spacial score (nSPS) is 14.1. The van der Waals surface area contributed by atoms with Gasteiger partial charge in [0.05, 0.1) is 4.90 Å². The van der Waals surface area contributed by atoms with Crippen molar-refractivity contribution in [3.8, 4) is 0 Å². The minimum absolute atomic E-state index is 0.0307. The highest BCUT2D eigenvalue weighted by Gasteiger charge is 2.25. The molecule has 0 aromatic heterocycles. The van der Waals surface area contributed by atoms with Crippen LogP contribution < -0.4 is 10.0 Å². The summed E-state index contributed by atoms with van der Waals surface area (Å²) in [6, 6.07) is 11.0. The van der Waals surface area contributed by atoms with E-state index in [0.29, 0.717) is 16.9 Å². The van der Waals surface area contributed by atoms with E-state index in [4.69, 9.17) is 0 Å². The van der Waals surface area contributed by atoms with Crippen molar-refractivity contribution >= 4 is 49.0 Å². The van der Waals surface area contributed by atoms with Gasteiger partial charge in [-0.25, -0.2) is 8.42 Å². The third-order valence-electron chi connectivity index (χ3n) is 3.34. The monoisotopic (exact) mass is 394 g/mol. The molecule has 2 N–H and O–H groups in total. The molecular weight excluding hydrogens is 384 g/mol. The molecule has 0 aliphatic carbocycles. The van der Waals surface area contributed by atoms with Crippen molar-refractivity contribution in [3.63, 3.8) is 0 Å². The van der Waals surface area contributed by atoms with Gasteiger partial charge in [-0.15, -0.1) is 0 Å². The third-order valence-corrected chi connectivity index (χ3v) is 5.24. The van der Waals surface area contributed by atoms with Gasteiger partial charge < -0.3 is 5.32 Å². The molecular formula is C15H11BrN2O4S. The largest absolute Gasteiger partial charge is 0.319 e. The number of carbonyl (C=O) groups excluding carboxylic acids is 2. The molecule has 1 aliphatic heterocycles. The van der Waals surface area contributed by atoms with Gasteiger partial charge in [-0.05, 0) is 48.0 Å². The van der Waals surface area contributed by atoms with Crippen molar-refractivity contribution in [2.45, 2.75) is 11.3 Å². The molecule has 6 nitrogen and oxygen atoms in total. The van der Waals surface area contributed by atoms with Gasteiger partial charge in [0.15, 0.2) is 0 Å². The van der Waals surface area contributed by atoms with Crippen LogP contribution >= 0.6 is 15.9 Å². The number of nitrogens with one attached hydrogen (secondary N) is 2. The van der Waals surface area contributed by atoms with Crippen LogP contribution in [0.5, 0.6) is 0 Å². The number of fused-ring (bicyclic) bond motifs is 1. The van der Waals surface area contributed by atoms with Gasteiger partial charge in [-0.1, -0.05) is 15.9 Å². The summed E-state index contributed by atoms with van der Waals surface area (Å²) < 4.78 is 28.2. The molecule has 8 heteroatoms. The quantitative estimate of drug-likeness (QED) is 0.781. The molecule has 0 atom stereocenters. The lowest BCUT2D eigenvalue weighted by molar-refractivity contribution is -0.134. The lowest BCUT2D eigenvalue weighted by Gasteiger charge is -2.17. The molecule has 0 fully saturated rings. The number of anilines is 2. The number of hydrogen-bond donors (Lipinski definition) is 2. The summed E-state index contributed by atoms with van der Waals surface area (Å²) >= 11 is 3.28. The second kappa shape index (κ2) is 5.78. The van der Waals surface area contributed by atoms with Crippen LogP contribution in [0.4, 0.5) is 11.4 Å². The second-order valence-corrected chi connectivity index (χ2v) is 7.58. The van der Waals surface area contributed by atoms with Gasteiger partial charge in [0.2, 0.25) is 5.78 Å². The van der Waals surface area contributed by atoms with E-state index in [2.05, 4.69) is 26.0 Å². The Morgan fingerprint density at radius 3 is 2.43 bits per heavy atom. The van der Waals surface area contributed by atoms with E-state index >= 15 is 0 Å². The Bertz CT molecular complexity index is 908. The second-order valence-electron chi connectivity index (χ2n) is 4.99. The maximum atomic E-state index is 12.4. The number of rotatable bonds is 3. The fourth-order valence-corrected chi connectivity index (χ4v) is 3.56. The lowest BCUT2D eigenvalue weighted by atomic mass is 10.0. The number of carbonyl (C=O) groups is 2. The van der Waals surface area contributed by atoms with E-state index in [0.717, 1.165) is 4.47 Å². The average molecular weight is 395 g/mol. The topological polar surface area (TPSA) is 92.3 Å². The van der Waals surface area contributed by atoms with Gasteiger partial charge in [-0.3, -0.25) is 14.3 Å². The SMILES string of the molecule is O=C1Cc2cc(S(=O)(=O)Nc3ccc(Br)cc3)ccc2NC1=O. The zero-order valence-corrected chi connectivity index (χ0v) is 14.1. The average Bonchev–Trinajstić information content (AvgIpc) is 2.50. The van der Waals surface area contributed by atoms with Crippen molar-refractivity contribution in [2.75, 3.05) is 10.0 Å². The first-order valence-corrected chi connectivity index (χ1v) is 8.88. The first-order chi connectivity index (χ1) is 10.8. The van der Waals surface area contributed by atoms with Crippen molar-refractivity contribution in [1.82, 2.24) is 0 Å². The Hall–Kier alpha value is -2.19. The molecule has 1 aliphatic rings. The first kappa shape index (κ1) is 15.7. The van der Waals surface area contributed by atoms with Crippen molar-refractivity contribution in [1.29, 1.82) is 0 Å². The van der Waals surface area contributed by atoms with Gasteiger partial charge in [-0.2, -0.15) is 0 Å². The van der Waals surface area contributed by atoms with E-state index in [1.807, 2.05) is 0 Å². The zero-order chi connectivity index (χ0) is 16.6. The van der Waals surface area contributed by atoms with Crippen molar-refractivity contribution in [3.05, 3.63) is 52.5 Å². The van der Waals surface area contributed by atoms with E-state index in [1.165, 1.54) is 18.2 Å². The van der Waals surface area contributed by atoms with Crippen LogP contribution in [0, 0.1) is 0 Å². The predicted octanol–water partition coefficient (Wildman–Crippen LogP) is 2.31. The Labute approximate surface area is 141 Å². The van der Waals surface area contributed by atoms with E-state index in [1.54, 1.807) is 24.3 Å². The zero-order valence-electron chi connectivity index (χ0n) is 11.7. The summed E-state index contributed by atoms with van der Waals surface area (Å²) in [5, 5.41) is 2.44. The van der Waals surface area contributed by atoms with Crippen LogP contribution in [0.15, 0.2) is 51.8 Å². The van der Waals surface area contributed by atoms with Crippen LogP contribution in [-0.4, -0.2) is 20.1 Å². The molecule has 0 unspecified atom stereocenters. The molecule has 2 aromatic rings. The summed E-state index contributed by atoms with van der Waals surface area (Å²) in [5.41, 5.74) is 1.36.